The van der Waals surface area contributed by atoms with Gasteiger partial charge in [0.2, 0.25) is 0 Å². The zero-order valence-corrected chi connectivity index (χ0v) is 19.0. The van der Waals surface area contributed by atoms with Crippen molar-refractivity contribution in [2.75, 3.05) is 66.4 Å². The molecular weight excluding hydrogens is 424 g/mol. The fraction of sp³-hybridized carbons (Fsp3) is 0.440. The molecule has 8 heteroatoms. The number of amides is 1. The number of fused-ring (bicyclic) bond motifs is 3. The Hall–Kier alpha value is -2.62. The van der Waals surface area contributed by atoms with Crippen LogP contribution in [0.2, 0.25) is 0 Å². The van der Waals surface area contributed by atoms with Crippen LogP contribution in [0.1, 0.15) is 37.8 Å². The van der Waals surface area contributed by atoms with Crippen molar-refractivity contribution in [3.8, 4) is 11.1 Å². The van der Waals surface area contributed by atoms with Crippen LogP contribution in [0.5, 0.6) is 0 Å². The van der Waals surface area contributed by atoms with Gasteiger partial charge in [-0.25, -0.2) is 0 Å². The predicted molar refractivity (Wildman–Crippen MR) is 125 cm³/mol. The van der Waals surface area contributed by atoms with E-state index in [0.29, 0.717) is 70.5 Å². The van der Waals surface area contributed by atoms with Gasteiger partial charge in [-0.2, -0.15) is 0 Å². The second kappa shape index (κ2) is 13.2. The highest BCUT2D eigenvalue weighted by molar-refractivity contribution is 5.96. The molecule has 0 heterocycles. The number of nitrogens with two attached hydrogens (primary N) is 1. The Morgan fingerprint density at radius 2 is 1.58 bits per heavy atom. The number of hydrogen-bond acceptors (Lipinski definition) is 7. The van der Waals surface area contributed by atoms with Crippen molar-refractivity contribution in [3.63, 3.8) is 0 Å². The Balaban J connectivity index is 1.48. The summed E-state index contributed by atoms with van der Waals surface area (Å²) in [5.74, 6) is -0.174. The van der Waals surface area contributed by atoms with Gasteiger partial charge in [0.15, 0.2) is 0 Å². The average molecular weight is 457 g/mol. The van der Waals surface area contributed by atoms with Crippen LogP contribution in [0.25, 0.3) is 11.1 Å². The lowest BCUT2D eigenvalue weighted by Crippen LogP contribution is -2.27. The van der Waals surface area contributed by atoms with Crippen molar-refractivity contribution in [1.82, 2.24) is 5.32 Å². The third kappa shape index (κ3) is 6.69. The van der Waals surface area contributed by atoms with Crippen molar-refractivity contribution < 1.29 is 28.5 Å². The maximum atomic E-state index is 12.7. The number of carbonyl (C=O) groups excluding carboxylic acids is 2. The minimum absolute atomic E-state index is 0.0170. The molecule has 0 aliphatic heterocycles. The molecule has 33 heavy (non-hydrogen) atoms. The van der Waals surface area contributed by atoms with Crippen LogP contribution in [0.3, 0.4) is 0 Å². The molecule has 3 rings (SSSR count). The summed E-state index contributed by atoms with van der Waals surface area (Å²) in [7, 11) is 1.65. The van der Waals surface area contributed by atoms with E-state index in [0.717, 1.165) is 28.5 Å². The second-order valence-electron chi connectivity index (χ2n) is 7.66. The van der Waals surface area contributed by atoms with E-state index in [1.54, 1.807) is 7.11 Å². The summed E-state index contributed by atoms with van der Waals surface area (Å²) in [6.45, 7) is 4.25. The molecular formula is C25H32N2O6. The van der Waals surface area contributed by atoms with E-state index >= 15 is 0 Å². The number of carbonyl (C=O) groups is 2. The Kier molecular flexibility index (Phi) is 9.99. The smallest absolute Gasteiger partial charge is 0.251 e. The third-order valence-electron chi connectivity index (χ3n) is 5.44. The number of ether oxygens (including phenoxy) is 4. The van der Waals surface area contributed by atoms with Crippen molar-refractivity contribution in [2.45, 2.75) is 5.92 Å². The van der Waals surface area contributed by atoms with Crippen molar-refractivity contribution >= 4 is 12.2 Å². The molecule has 1 aliphatic rings. The number of nitrogens with one attached hydrogen (secondary N) is 1. The Morgan fingerprint density at radius 1 is 0.939 bits per heavy atom. The fourth-order valence-electron chi connectivity index (χ4n) is 3.90. The largest absolute Gasteiger partial charge is 0.384 e. The van der Waals surface area contributed by atoms with E-state index in [9.17, 15) is 9.59 Å². The molecule has 1 unspecified atom stereocenters. The summed E-state index contributed by atoms with van der Waals surface area (Å²) in [6, 6.07) is 11.4. The topological polar surface area (TPSA) is 109 Å². The van der Waals surface area contributed by atoms with E-state index in [-0.39, 0.29) is 11.8 Å². The summed E-state index contributed by atoms with van der Waals surface area (Å²) in [4.78, 5) is 23.9. The van der Waals surface area contributed by atoms with Gasteiger partial charge in [-0.05, 0) is 40.5 Å². The van der Waals surface area contributed by atoms with E-state index < -0.39 is 0 Å². The first kappa shape index (κ1) is 25.0. The molecule has 0 spiro atoms. The van der Waals surface area contributed by atoms with Crippen molar-refractivity contribution in [3.05, 3.63) is 58.7 Å². The normalized spacial score (nSPS) is 14.1. The van der Waals surface area contributed by atoms with E-state index in [1.165, 1.54) is 0 Å². The van der Waals surface area contributed by atoms with Gasteiger partial charge in [0.1, 0.15) is 6.29 Å². The number of rotatable bonds is 15. The number of hydrogen-bond donors (Lipinski definition) is 2. The minimum Gasteiger partial charge on any atom is -0.384 e. The van der Waals surface area contributed by atoms with Gasteiger partial charge in [-0.1, -0.05) is 18.2 Å². The molecule has 0 saturated carbocycles. The number of methoxy groups -OCH3 is 1. The zero-order chi connectivity index (χ0) is 23.5. The molecule has 2 aromatic carbocycles. The fourth-order valence-corrected chi connectivity index (χ4v) is 3.90. The molecule has 3 N–H and O–H groups in total. The summed E-state index contributed by atoms with van der Waals surface area (Å²) in [5.41, 5.74) is 10.8. The van der Waals surface area contributed by atoms with Crippen LogP contribution < -0.4 is 11.1 Å². The summed E-state index contributed by atoms with van der Waals surface area (Å²) < 4.78 is 21.5. The highest BCUT2D eigenvalue weighted by atomic mass is 16.5. The summed E-state index contributed by atoms with van der Waals surface area (Å²) in [6.07, 6.45) is 0.845. The summed E-state index contributed by atoms with van der Waals surface area (Å²) >= 11 is 0. The van der Waals surface area contributed by atoms with E-state index in [1.807, 2.05) is 36.4 Å². The second-order valence-corrected chi connectivity index (χ2v) is 7.66. The lowest BCUT2D eigenvalue weighted by atomic mass is 9.95. The summed E-state index contributed by atoms with van der Waals surface area (Å²) in [5, 5.41) is 2.89. The van der Waals surface area contributed by atoms with Gasteiger partial charge in [0.05, 0.1) is 46.2 Å². The van der Waals surface area contributed by atoms with Crippen LogP contribution >= 0.6 is 0 Å². The van der Waals surface area contributed by atoms with Crippen molar-refractivity contribution in [2.24, 2.45) is 5.73 Å². The number of benzene rings is 2. The van der Waals surface area contributed by atoms with Gasteiger partial charge in [-0.3, -0.25) is 9.59 Å². The van der Waals surface area contributed by atoms with E-state index in [4.69, 9.17) is 24.7 Å². The third-order valence-corrected chi connectivity index (χ3v) is 5.44. The van der Waals surface area contributed by atoms with Gasteiger partial charge in [0, 0.05) is 37.2 Å². The monoisotopic (exact) mass is 456 g/mol. The van der Waals surface area contributed by atoms with Gasteiger partial charge in [-0.15, -0.1) is 0 Å². The molecule has 8 nitrogen and oxygen atoms in total. The maximum absolute atomic E-state index is 12.7. The highest BCUT2D eigenvalue weighted by Gasteiger charge is 2.29. The first-order valence-electron chi connectivity index (χ1n) is 11.1. The first-order chi connectivity index (χ1) is 16.2. The first-order valence-corrected chi connectivity index (χ1v) is 11.1. The Morgan fingerprint density at radius 3 is 2.24 bits per heavy atom. The molecule has 0 aromatic heterocycles. The lowest BCUT2D eigenvalue weighted by Gasteiger charge is -2.13. The molecule has 1 amide bonds. The highest BCUT2D eigenvalue weighted by Crippen LogP contribution is 2.45. The molecule has 1 aliphatic carbocycles. The van der Waals surface area contributed by atoms with Crippen LogP contribution in [-0.4, -0.2) is 78.6 Å². The average Bonchev–Trinajstić information content (AvgIpc) is 3.14. The molecule has 0 fully saturated rings. The van der Waals surface area contributed by atoms with Crippen LogP contribution in [0, 0.1) is 0 Å². The van der Waals surface area contributed by atoms with Gasteiger partial charge >= 0.3 is 0 Å². The predicted octanol–water partition coefficient (Wildman–Crippen LogP) is 2.00. The molecule has 2 aromatic rings. The van der Waals surface area contributed by atoms with Crippen LogP contribution in [0.4, 0.5) is 0 Å². The Bertz CT molecular complexity index is 933. The van der Waals surface area contributed by atoms with Crippen molar-refractivity contribution in [1.29, 1.82) is 0 Å². The van der Waals surface area contributed by atoms with Gasteiger partial charge < -0.3 is 30.0 Å². The standard InChI is InChI=1S/C25H32N2O6/c1-30-17-24-22-14-18(16-28)2-4-20(22)21-5-3-19(15-23(21)24)25(29)27-7-9-32-11-13-33-12-10-31-8-6-26/h2-5,14-16,24H,6-13,17,26H2,1H3,(H,27,29). The van der Waals surface area contributed by atoms with Crippen LogP contribution in [-0.2, 0) is 18.9 Å². The van der Waals surface area contributed by atoms with Gasteiger partial charge in [0.25, 0.3) is 5.91 Å². The molecule has 0 bridgehead atoms. The van der Waals surface area contributed by atoms with E-state index in [2.05, 4.69) is 5.32 Å². The number of aldehydes is 1. The quantitative estimate of drug-likeness (QED) is 0.312. The Labute approximate surface area is 194 Å². The minimum atomic E-state index is -0.157. The molecule has 0 radical (unpaired) electrons. The van der Waals surface area contributed by atoms with Crippen LogP contribution in [0.15, 0.2) is 36.4 Å². The molecule has 0 saturated heterocycles. The zero-order valence-electron chi connectivity index (χ0n) is 19.0. The SMILES string of the molecule is COCC1c2cc(C=O)ccc2-c2ccc(C(=O)NCCOCCOCCOCCN)cc21. The molecule has 1 atom stereocenters. The lowest BCUT2D eigenvalue weighted by molar-refractivity contribution is 0.0166. The molecule has 178 valence electrons. The maximum Gasteiger partial charge on any atom is 0.251 e.